The Hall–Kier alpha value is -1.39. The summed E-state index contributed by atoms with van der Waals surface area (Å²) >= 11 is 3.39. The van der Waals surface area contributed by atoms with Crippen molar-refractivity contribution < 1.29 is 9.13 Å². The second kappa shape index (κ2) is 6.37. The summed E-state index contributed by atoms with van der Waals surface area (Å²) in [7, 11) is 0. The average molecular weight is 338 g/mol. The van der Waals surface area contributed by atoms with Gasteiger partial charge in [0, 0.05) is 10.5 Å². The Morgan fingerprint density at radius 1 is 1.30 bits per heavy atom. The zero-order chi connectivity index (χ0) is 14.7. The van der Waals surface area contributed by atoms with Gasteiger partial charge < -0.3 is 10.5 Å². The van der Waals surface area contributed by atoms with Gasteiger partial charge in [0.1, 0.15) is 5.75 Å². The molecule has 106 valence electrons. The lowest BCUT2D eigenvalue weighted by Crippen LogP contribution is -2.18. The normalized spacial score (nSPS) is 12.2. The van der Waals surface area contributed by atoms with E-state index in [1.807, 2.05) is 38.1 Å². The van der Waals surface area contributed by atoms with Crippen LogP contribution in [0.15, 0.2) is 40.9 Å². The third-order valence-corrected chi connectivity index (χ3v) is 3.45. The molecule has 0 aliphatic heterocycles. The fourth-order valence-electron chi connectivity index (χ4n) is 1.97. The van der Waals surface area contributed by atoms with Gasteiger partial charge in [0.2, 0.25) is 0 Å². The zero-order valence-electron chi connectivity index (χ0n) is 11.5. The van der Waals surface area contributed by atoms with E-state index >= 15 is 0 Å². The van der Waals surface area contributed by atoms with Crippen molar-refractivity contribution in [2.75, 3.05) is 0 Å². The number of para-hydroxylation sites is 1. The molecule has 20 heavy (non-hydrogen) atoms. The van der Waals surface area contributed by atoms with E-state index in [9.17, 15) is 4.39 Å². The Morgan fingerprint density at radius 2 is 2.05 bits per heavy atom. The maximum Gasteiger partial charge on any atom is 0.166 e. The minimum absolute atomic E-state index is 0.0530. The largest absolute Gasteiger partial charge is 0.454 e. The van der Waals surface area contributed by atoms with Crippen molar-refractivity contribution in [3.05, 3.63) is 57.8 Å². The van der Waals surface area contributed by atoms with Gasteiger partial charge in [-0.3, -0.25) is 0 Å². The van der Waals surface area contributed by atoms with Crippen LogP contribution in [0.4, 0.5) is 4.39 Å². The number of hydrogen-bond acceptors (Lipinski definition) is 2. The summed E-state index contributed by atoms with van der Waals surface area (Å²) in [6.07, 6.45) is 0.570. The summed E-state index contributed by atoms with van der Waals surface area (Å²) in [5, 5.41) is 0. The molecular formula is C16H17BrFNO. The highest BCUT2D eigenvalue weighted by Crippen LogP contribution is 2.32. The standard InChI is InChI=1S/C16H17BrFNO/c1-10-6-7-13(17)9-15(10)20-16-12(8-11(2)19)4-3-5-14(16)18/h3-7,9,11H,8,19H2,1-2H3. The molecule has 0 amide bonds. The number of hydrogen-bond donors (Lipinski definition) is 1. The first-order chi connectivity index (χ1) is 9.47. The lowest BCUT2D eigenvalue weighted by molar-refractivity contribution is 0.431. The van der Waals surface area contributed by atoms with Crippen LogP contribution < -0.4 is 10.5 Å². The first-order valence-corrected chi connectivity index (χ1v) is 7.23. The molecule has 0 aromatic heterocycles. The van der Waals surface area contributed by atoms with E-state index in [0.717, 1.165) is 15.6 Å². The van der Waals surface area contributed by atoms with E-state index in [1.54, 1.807) is 6.07 Å². The Morgan fingerprint density at radius 3 is 2.75 bits per heavy atom. The number of rotatable bonds is 4. The molecule has 1 unspecified atom stereocenters. The van der Waals surface area contributed by atoms with E-state index in [4.69, 9.17) is 10.5 Å². The molecule has 2 rings (SSSR count). The number of nitrogens with two attached hydrogens (primary N) is 1. The molecule has 1 atom stereocenters. The molecule has 4 heteroatoms. The second-order valence-electron chi connectivity index (χ2n) is 4.92. The molecule has 0 aliphatic carbocycles. The molecule has 0 radical (unpaired) electrons. The first kappa shape index (κ1) is 15.0. The highest BCUT2D eigenvalue weighted by Gasteiger charge is 2.13. The van der Waals surface area contributed by atoms with Gasteiger partial charge in [-0.05, 0) is 49.6 Å². The highest BCUT2D eigenvalue weighted by atomic mass is 79.9. The van der Waals surface area contributed by atoms with E-state index in [0.29, 0.717) is 12.2 Å². The molecule has 0 saturated carbocycles. The fourth-order valence-corrected chi connectivity index (χ4v) is 2.31. The summed E-state index contributed by atoms with van der Waals surface area (Å²) in [5.41, 5.74) is 7.53. The van der Waals surface area contributed by atoms with Crippen LogP contribution in [0, 0.1) is 12.7 Å². The lowest BCUT2D eigenvalue weighted by atomic mass is 10.1. The van der Waals surface area contributed by atoms with Gasteiger partial charge in [0.25, 0.3) is 0 Å². The molecule has 0 bridgehead atoms. The molecule has 0 spiro atoms. The van der Waals surface area contributed by atoms with Crippen LogP contribution in [0.5, 0.6) is 11.5 Å². The van der Waals surface area contributed by atoms with Gasteiger partial charge in [-0.25, -0.2) is 4.39 Å². The predicted octanol–water partition coefficient (Wildman–Crippen LogP) is 4.58. The number of benzene rings is 2. The topological polar surface area (TPSA) is 35.2 Å². The van der Waals surface area contributed by atoms with Gasteiger partial charge in [-0.1, -0.05) is 34.1 Å². The van der Waals surface area contributed by atoms with Crippen LogP contribution >= 0.6 is 15.9 Å². The quantitative estimate of drug-likeness (QED) is 0.886. The van der Waals surface area contributed by atoms with Crippen molar-refractivity contribution in [2.24, 2.45) is 5.73 Å². The van der Waals surface area contributed by atoms with Crippen molar-refractivity contribution in [3.8, 4) is 11.5 Å². The Balaban J connectivity index is 2.39. The predicted molar refractivity (Wildman–Crippen MR) is 82.7 cm³/mol. The molecule has 0 saturated heterocycles. The maximum absolute atomic E-state index is 14.0. The highest BCUT2D eigenvalue weighted by molar-refractivity contribution is 9.10. The number of halogens is 2. The molecule has 2 aromatic carbocycles. The summed E-state index contributed by atoms with van der Waals surface area (Å²) in [4.78, 5) is 0. The lowest BCUT2D eigenvalue weighted by Gasteiger charge is -2.15. The van der Waals surface area contributed by atoms with Crippen LogP contribution in [0.1, 0.15) is 18.1 Å². The molecule has 2 N–H and O–H groups in total. The van der Waals surface area contributed by atoms with Crippen LogP contribution in [0.25, 0.3) is 0 Å². The van der Waals surface area contributed by atoms with Crippen molar-refractivity contribution in [1.82, 2.24) is 0 Å². The van der Waals surface area contributed by atoms with Crippen molar-refractivity contribution in [1.29, 1.82) is 0 Å². The van der Waals surface area contributed by atoms with E-state index in [2.05, 4.69) is 15.9 Å². The Bertz CT molecular complexity index is 613. The van der Waals surface area contributed by atoms with Gasteiger partial charge in [-0.2, -0.15) is 0 Å². The van der Waals surface area contributed by atoms with E-state index in [-0.39, 0.29) is 17.6 Å². The molecule has 2 nitrogen and oxygen atoms in total. The van der Waals surface area contributed by atoms with E-state index in [1.165, 1.54) is 6.07 Å². The van der Waals surface area contributed by atoms with Crippen molar-refractivity contribution >= 4 is 15.9 Å². The summed E-state index contributed by atoms with van der Waals surface area (Å²) in [6.45, 7) is 3.81. The van der Waals surface area contributed by atoms with Gasteiger partial charge in [0.05, 0.1) is 0 Å². The van der Waals surface area contributed by atoms with Crippen molar-refractivity contribution in [2.45, 2.75) is 26.3 Å². The summed E-state index contributed by atoms with van der Waals surface area (Å²) in [6, 6.07) is 10.5. The van der Waals surface area contributed by atoms with Gasteiger partial charge in [-0.15, -0.1) is 0 Å². The van der Waals surface area contributed by atoms with Gasteiger partial charge >= 0.3 is 0 Å². The molecule has 2 aromatic rings. The average Bonchev–Trinajstić information content (AvgIpc) is 2.37. The monoisotopic (exact) mass is 337 g/mol. The van der Waals surface area contributed by atoms with E-state index < -0.39 is 0 Å². The second-order valence-corrected chi connectivity index (χ2v) is 5.84. The molecule has 0 heterocycles. The minimum atomic E-state index is -0.373. The molecule has 0 fully saturated rings. The first-order valence-electron chi connectivity index (χ1n) is 6.44. The third-order valence-electron chi connectivity index (χ3n) is 2.95. The summed E-state index contributed by atoms with van der Waals surface area (Å²) in [5.74, 6) is 0.518. The minimum Gasteiger partial charge on any atom is -0.454 e. The zero-order valence-corrected chi connectivity index (χ0v) is 13.1. The fraction of sp³-hybridized carbons (Fsp3) is 0.250. The van der Waals surface area contributed by atoms with Crippen LogP contribution in [-0.4, -0.2) is 6.04 Å². The smallest absolute Gasteiger partial charge is 0.166 e. The molecule has 0 aliphatic rings. The Kier molecular flexibility index (Phi) is 4.78. The Labute approximate surface area is 126 Å². The SMILES string of the molecule is Cc1ccc(Br)cc1Oc1c(F)cccc1CC(C)N. The van der Waals surface area contributed by atoms with Crippen LogP contribution in [0.3, 0.4) is 0 Å². The number of ether oxygens (including phenoxy) is 1. The number of aryl methyl sites for hydroxylation is 1. The summed E-state index contributed by atoms with van der Waals surface area (Å²) < 4.78 is 20.7. The third kappa shape index (κ3) is 3.58. The van der Waals surface area contributed by atoms with Gasteiger partial charge in [0.15, 0.2) is 11.6 Å². The maximum atomic E-state index is 14.0. The van der Waals surface area contributed by atoms with Crippen LogP contribution in [-0.2, 0) is 6.42 Å². The van der Waals surface area contributed by atoms with Crippen LogP contribution in [0.2, 0.25) is 0 Å². The van der Waals surface area contributed by atoms with Crippen molar-refractivity contribution in [3.63, 3.8) is 0 Å². The molecular weight excluding hydrogens is 321 g/mol.